The van der Waals surface area contributed by atoms with Crippen LogP contribution in [0.5, 0.6) is 0 Å². The number of aryl methyl sites for hydroxylation is 4. The Bertz CT molecular complexity index is 1000. The summed E-state index contributed by atoms with van der Waals surface area (Å²) in [5.74, 6) is 1.71. The summed E-state index contributed by atoms with van der Waals surface area (Å²) in [4.78, 5) is 25.6. The van der Waals surface area contributed by atoms with E-state index in [9.17, 15) is 9.59 Å². The van der Waals surface area contributed by atoms with Crippen molar-refractivity contribution in [3.05, 3.63) is 70.0 Å². The van der Waals surface area contributed by atoms with Crippen LogP contribution < -0.4 is 10.9 Å². The maximum Gasteiger partial charge on any atom is 0.273 e. The Morgan fingerprint density at radius 2 is 1.68 bits per heavy atom. The van der Waals surface area contributed by atoms with Gasteiger partial charge in [0.05, 0.1) is 16.8 Å². The molecule has 3 aromatic rings. The minimum absolute atomic E-state index is 0.388. The fourth-order valence-corrected chi connectivity index (χ4v) is 3.95. The molecule has 7 nitrogen and oxygen atoms in total. The topological polar surface area (TPSA) is 97.4 Å². The number of carbonyl (C=O) groups excluding carboxylic acids is 2. The molecule has 28 heavy (non-hydrogen) atoms. The highest BCUT2D eigenvalue weighted by Crippen LogP contribution is 2.28. The van der Waals surface area contributed by atoms with E-state index in [1.54, 1.807) is 32.0 Å². The Morgan fingerprint density at radius 3 is 2.29 bits per heavy atom. The number of aromatic nitrogens is 1. The number of hydrogen-bond donors (Lipinski definition) is 2. The minimum atomic E-state index is -0.427. The molecule has 0 atom stereocenters. The van der Waals surface area contributed by atoms with Gasteiger partial charge in [0.15, 0.2) is 0 Å². The molecule has 0 spiro atoms. The summed E-state index contributed by atoms with van der Waals surface area (Å²) in [5.41, 5.74) is 7.61. The zero-order chi connectivity index (χ0) is 20.3. The largest absolute Gasteiger partial charge is 0.466 e. The standard InChI is InChI=1S/C20H21N3O4S/c1-11-9-16(13(3)26-11)20(25)22-21-19(24)15-7-5-6-8-18(15)28-10-17-12(2)23-27-14(17)4/h5-9H,10H2,1-4H3,(H,21,24)(H,22,25). The van der Waals surface area contributed by atoms with Gasteiger partial charge in [0.1, 0.15) is 17.3 Å². The van der Waals surface area contributed by atoms with E-state index in [4.69, 9.17) is 8.94 Å². The van der Waals surface area contributed by atoms with Gasteiger partial charge < -0.3 is 8.94 Å². The number of nitrogens with one attached hydrogen (secondary N) is 2. The van der Waals surface area contributed by atoms with Gasteiger partial charge in [0, 0.05) is 16.2 Å². The molecule has 2 heterocycles. The van der Waals surface area contributed by atoms with E-state index in [1.165, 1.54) is 11.8 Å². The fourth-order valence-electron chi connectivity index (χ4n) is 2.74. The van der Waals surface area contributed by atoms with Gasteiger partial charge in [-0.3, -0.25) is 20.4 Å². The second-order valence-electron chi connectivity index (χ2n) is 6.32. The van der Waals surface area contributed by atoms with Gasteiger partial charge in [0.25, 0.3) is 11.8 Å². The van der Waals surface area contributed by atoms with Crippen molar-refractivity contribution in [2.45, 2.75) is 38.3 Å². The monoisotopic (exact) mass is 399 g/mol. The number of hydrazine groups is 1. The van der Waals surface area contributed by atoms with E-state index in [2.05, 4.69) is 16.0 Å². The summed E-state index contributed by atoms with van der Waals surface area (Å²) in [7, 11) is 0. The molecule has 3 rings (SSSR count). The third-order valence-electron chi connectivity index (χ3n) is 4.26. The van der Waals surface area contributed by atoms with Crippen LogP contribution in [-0.2, 0) is 5.75 Å². The highest BCUT2D eigenvalue weighted by Gasteiger charge is 2.17. The number of amides is 2. The Kier molecular flexibility index (Phi) is 5.89. The summed E-state index contributed by atoms with van der Waals surface area (Å²) in [5, 5.41) is 3.95. The minimum Gasteiger partial charge on any atom is -0.466 e. The number of benzene rings is 1. The number of carbonyl (C=O) groups is 2. The van der Waals surface area contributed by atoms with E-state index in [-0.39, 0.29) is 0 Å². The predicted molar refractivity (Wildman–Crippen MR) is 105 cm³/mol. The molecule has 0 aliphatic rings. The predicted octanol–water partition coefficient (Wildman–Crippen LogP) is 3.87. The van der Waals surface area contributed by atoms with Crippen LogP contribution in [0.1, 0.15) is 49.3 Å². The van der Waals surface area contributed by atoms with Gasteiger partial charge in [-0.25, -0.2) is 0 Å². The number of rotatable bonds is 5. The molecule has 0 bridgehead atoms. The second kappa shape index (κ2) is 8.35. The van der Waals surface area contributed by atoms with Crippen molar-refractivity contribution in [3.8, 4) is 0 Å². The molecule has 1 aromatic carbocycles. The van der Waals surface area contributed by atoms with Crippen LogP contribution in [0.4, 0.5) is 0 Å². The van der Waals surface area contributed by atoms with Gasteiger partial charge in [-0.15, -0.1) is 11.8 Å². The maximum atomic E-state index is 12.6. The van der Waals surface area contributed by atoms with Crippen molar-refractivity contribution in [1.82, 2.24) is 16.0 Å². The van der Waals surface area contributed by atoms with E-state index < -0.39 is 11.8 Å². The second-order valence-corrected chi connectivity index (χ2v) is 7.34. The van der Waals surface area contributed by atoms with Crippen LogP contribution in [-0.4, -0.2) is 17.0 Å². The lowest BCUT2D eigenvalue weighted by molar-refractivity contribution is 0.0844. The summed E-state index contributed by atoms with van der Waals surface area (Å²) in [6.45, 7) is 7.21. The highest BCUT2D eigenvalue weighted by molar-refractivity contribution is 7.98. The molecule has 0 unspecified atom stereocenters. The van der Waals surface area contributed by atoms with Gasteiger partial charge in [-0.2, -0.15) is 0 Å². The Labute approximate surface area is 166 Å². The third kappa shape index (κ3) is 4.28. The number of hydrogen-bond acceptors (Lipinski definition) is 6. The third-order valence-corrected chi connectivity index (χ3v) is 5.36. The molecule has 2 N–H and O–H groups in total. The van der Waals surface area contributed by atoms with Crippen LogP contribution in [0.25, 0.3) is 0 Å². The maximum absolute atomic E-state index is 12.6. The van der Waals surface area contributed by atoms with E-state index in [1.807, 2.05) is 26.0 Å². The molecule has 146 valence electrons. The summed E-state index contributed by atoms with van der Waals surface area (Å²) < 4.78 is 10.5. The van der Waals surface area contributed by atoms with Gasteiger partial charge >= 0.3 is 0 Å². The fraction of sp³-hybridized carbons (Fsp3) is 0.250. The molecule has 0 radical (unpaired) electrons. The average molecular weight is 399 g/mol. The lowest BCUT2D eigenvalue weighted by Crippen LogP contribution is -2.41. The van der Waals surface area contributed by atoms with Crippen LogP contribution in [0.3, 0.4) is 0 Å². The molecule has 2 amide bonds. The zero-order valence-corrected chi connectivity index (χ0v) is 16.9. The van der Waals surface area contributed by atoms with Crippen LogP contribution in [0.2, 0.25) is 0 Å². The van der Waals surface area contributed by atoms with Gasteiger partial charge in [-0.05, 0) is 45.9 Å². The van der Waals surface area contributed by atoms with Crippen molar-refractivity contribution in [3.63, 3.8) is 0 Å². The lowest BCUT2D eigenvalue weighted by atomic mass is 10.2. The Hall–Kier alpha value is -3.00. The van der Waals surface area contributed by atoms with Crippen molar-refractivity contribution in [2.24, 2.45) is 0 Å². The number of nitrogens with zero attached hydrogens (tertiary/aromatic N) is 1. The summed E-state index contributed by atoms with van der Waals surface area (Å²) in [6.07, 6.45) is 0. The highest BCUT2D eigenvalue weighted by atomic mass is 32.2. The normalized spacial score (nSPS) is 10.7. The van der Waals surface area contributed by atoms with Gasteiger partial charge in [0.2, 0.25) is 0 Å². The molecule has 8 heteroatoms. The zero-order valence-electron chi connectivity index (χ0n) is 16.1. The molecular weight excluding hydrogens is 378 g/mol. The van der Waals surface area contributed by atoms with Gasteiger partial charge in [-0.1, -0.05) is 17.3 Å². The summed E-state index contributed by atoms with van der Waals surface area (Å²) >= 11 is 1.51. The SMILES string of the molecule is Cc1cc(C(=O)NNC(=O)c2ccccc2SCc2c(C)noc2C)c(C)o1. The first-order chi connectivity index (χ1) is 13.4. The number of thioether (sulfide) groups is 1. The van der Waals surface area contributed by atoms with E-state index in [0.29, 0.717) is 28.4 Å². The summed E-state index contributed by atoms with van der Waals surface area (Å²) in [6, 6.07) is 8.85. The smallest absolute Gasteiger partial charge is 0.273 e. The first-order valence-electron chi connectivity index (χ1n) is 8.68. The molecule has 0 saturated carbocycles. The van der Waals surface area contributed by atoms with Crippen molar-refractivity contribution < 1.29 is 18.5 Å². The molecule has 0 saturated heterocycles. The molecular formula is C20H21N3O4S. The quantitative estimate of drug-likeness (QED) is 0.499. The van der Waals surface area contributed by atoms with Crippen molar-refractivity contribution >= 4 is 23.6 Å². The first kappa shape index (κ1) is 19.8. The molecule has 0 fully saturated rings. The van der Waals surface area contributed by atoms with Crippen LogP contribution in [0, 0.1) is 27.7 Å². The Balaban J connectivity index is 1.67. The molecule has 2 aromatic heterocycles. The first-order valence-corrected chi connectivity index (χ1v) is 9.66. The average Bonchev–Trinajstić information content (AvgIpc) is 3.18. The lowest BCUT2D eigenvalue weighted by Gasteiger charge is -2.10. The molecule has 0 aliphatic heterocycles. The van der Waals surface area contributed by atoms with E-state index >= 15 is 0 Å². The number of furan rings is 1. The van der Waals surface area contributed by atoms with Crippen molar-refractivity contribution in [2.75, 3.05) is 0 Å². The van der Waals surface area contributed by atoms with Crippen LogP contribution in [0.15, 0.2) is 44.2 Å². The van der Waals surface area contributed by atoms with Crippen molar-refractivity contribution in [1.29, 1.82) is 0 Å². The van der Waals surface area contributed by atoms with E-state index in [0.717, 1.165) is 21.9 Å². The Morgan fingerprint density at radius 1 is 1.00 bits per heavy atom. The molecule has 0 aliphatic carbocycles. The van der Waals surface area contributed by atoms with Crippen LogP contribution >= 0.6 is 11.8 Å².